The van der Waals surface area contributed by atoms with E-state index in [1.165, 1.54) is 5.57 Å². The molecule has 0 aliphatic carbocycles. The SMILES string of the molecule is CC(C)=CCC/C(C)=C/C(=O)CC1Cc2ccc3c(c2)[C@]24c5cccc(c5NC2O3)-c2cccc3[nH]cc(c23)-c2cnc(o2)-c2nc(oc24)[C@H](C(C)C)NC1=O. The third kappa shape index (κ3) is 5.14. The third-order valence-electron chi connectivity index (χ3n) is 11.9. The lowest BCUT2D eigenvalue weighted by atomic mass is 9.72. The molecule has 4 aliphatic rings. The van der Waals surface area contributed by atoms with Crippen LogP contribution in [0.25, 0.3) is 44.9 Å². The van der Waals surface area contributed by atoms with Crippen LogP contribution in [0.4, 0.5) is 5.69 Å². The summed E-state index contributed by atoms with van der Waals surface area (Å²) in [5, 5.41) is 8.10. The van der Waals surface area contributed by atoms with E-state index in [0.29, 0.717) is 41.2 Å². The van der Waals surface area contributed by atoms with Gasteiger partial charge in [-0.05, 0) is 75.3 Å². The van der Waals surface area contributed by atoms with Crippen molar-refractivity contribution in [2.45, 2.75) is 78.0 Å². The van der Waals surface area contributed by atoms with Crippen LogP contribution in [-0.2, 0) is 21.4 Å². The molecule has 282 valence electrons. The molecule has 10 heteroatoms. The summed E-state index contributed by atoms with van der Waals surface area (Å²) in [5.41, 5.74) is 9.31. The van der Waals surface area contributed by atoms with Gasteiger partial charge in [0.25, 0.3) is 0 Å². The lowest BCUT2D eigenvalue weighted by molar-refractivity contribution is -0.129. The molecule has 56 heavy (non-hydrogen) atoms. The van der Waals surface area contributed by atoms with Crippen LogP contribution in [0.2, 0.25) is 0 Å². The Hall–Kier alpha value is -6.16. The first kappa shape index (κ1) is 34.3. The maximum Gasteiger partial charge on any atom is 0.249 e. The number of amides is 1. The van der Waals surface area contributed by atoms with Crippen molar-refractivity contribution in [1.82, 2.24) is 20.3 Å². The van der Waals surface area contributed by atoms with E-state index >= 15 is 0 Å². The number of hydrogen-bond donors (Lipinski definition) is 3. The fourth-order valence-corrected chi connectivity index (χ4v) is 9.21. The van der Waals surface area contributed by atoms with E-state index in [1.807, 2.05) is 39.1 Å². The fourth-order valence-electron chi connectivity index (χ4n) is 9.21. The van der Waals surface area contributed by atoms with Crippen molar-refractivity contribution >= 4 is 28.3 Å². The molecular weight excluding hydrogens is 703 g/mol. The minimum Gasteiger partial charge on any atom is -0.469 e. The highest BCUT2D eigenvalue weighted by Crippen LogP contribution is 2.61. The Labute approximate surface area is 324 Å². The number of benzene rings is 3. The molecule has 3 aromatic carbocycles. The molecule has 1 amide bonds. The molecule has 10 rings (SSSR count). The highest BCUT2D eigenvalue weighted by atomic mass is 16.5. The van der Waals surface area contributed by atoms with Crippen molar-refractivity contribution in [2.24, 2.45) is 11.8 Å². The Morgan fingerprint density at radius 3 is 2.68 bits per heavy atom. The van der Waals surface area contributed by atoms with Gasteiger partial charge in [0, 0.05) is 57.4 Å². The van der Waals surface area contributed by atoms with Gasteiger partial charge in [0.15, 0.2) is 29.2 Å². The summed E-state index contributed by atoms with van der Waals surface area (Å²) in [6.07, 6.45) is 9.06. The van der Waals surface area contributed by atoms with Crippen molar-refractivity contribution in [3.8, 4) is 39.8 Å². The molecule has 3 aromatic heterocycles. The minimum atomic E-state index is -1.01. The number of ketones is 1. The number of H-pyrrole nitrogens is 1. The highest BCUT2D eigenvalue weighted by Gasteiger charge is 2.61. The Balaban J connectivity index is 1.19. The number of ether oxygens (including phenoxy) is 1. The van der Waals surface area contributed by atoms with Crippen LogP contribution in [-0.4, -0.2) is 32.9 Å². The van der Waals surface area contributed by atoms with Crippen LogP contribution in [0.1, 0.15) is 88.3 Å². The first-order valence-electron chi connectivity index (χ1n) is 19.5. The zero-order chi connectivity index (χ0) is 38.5. The number of carbonyl (C=O) groups excluding carboxylic acids is 2. The average molecular weight is 746 g/mol. The standard InChI is InChI=1S/C46H43N5O5/c1-23(2)9-6-10-25(5)17-28(52)20-27-18-26-15-16-35-33(19-26)46-32-13-7-12-30(39(32)51-45(46)55-35)29-11-8-14-34-37(29)31(21-47-34)36-22-48-43(54-36)40-41(46)56-44(50-40)38(24(3)4)49-42(27)53/h7-9,11-17,19,21-22,24,27,38,45,47,51H,6,10,18,20H2,1-5H3,(H,49,53)/b25-17+/t27?,38-,45?,46-/m0/s1. The molecule has 3 N–H and O–H groups in total. The number of nitrogens with zero attached hydrogens (tertiary/aromatic N) is 2. The molecule has 10 nitrogen and oxygen atoms in total. The number of aromatic amines is 1. The lowest BCUT2D eigenvalue weighted by Gasteiger charge is -2.28. The Morgan fingerprint density at radius 2 is 1.84 bits per heavy atom. The largest absolute Gasteiger partial charge is 0.469 e. The van der Waals surface area contributed by atoms with Crippen molar-refractivity contribution in [1.29, 1.82) is 0 Å². The maximum atomic E-state index is 14.4. The van der Waals surface area contributed by atoms with Gasteiger partial charge in [-0.25, -0.2) is 9.97 Å². The molecule has 7 heterocycles. The van der Waals surface area contributed by atoms with Crippen LogP contribution < -0.4 is 15.4 Å². The van der Waals surface area contributed by atoms with Crippen LogP contribution in [0.15, 0.2) is 99.1 Å². The minimum absolute atomic E-state index is 0.0679. The van der Waals surface area contributed by atoms with Crippen molar-refractivity contribution in [3.05, 3.63) is 119 Å². The van der Waals surface area contributed by atoms with E-state index in [0.717, 1.165) is 68.4 Å². The van der Waals surface area contributed by atoms with Gasteiger partial charge in [-0.15, -0.1) is 0 Å². The molecule has 0 fully saturated rings. The van der Waals surface area contributed by atoms with E-state index < -0.39 is 23.6 Å². The number of oxazole rings is 2. The Kier molecular flexibility index (Phi) is 7.78. The van der Waals surface area contributed by atoms with Crippen molar-refractivity contribution in [2.75, 3.05) is 5.32 Å². The topological polar surface area (TPSA) is 135 Å². The molecule has 6 aromatic rings. The van der Waals surface area contributed by atoms with Crippen LogP contribution in [0.5, 0.6) is 5.75 Å². The van der Waals surface area contributed by atoms with Gasteiger partial charge >= 0.3 is 0 Å². The Morgan fingerprint density at radius 1 is 1.00 bits per heavy atom. The predicted octanol–water partition coefficient (Wildman–Crippen LogP) is 9.57. The van der Waals surface area contributed by atoms with E-state index in [-0.39, 0.29) is 24.0 Å². The average Bonchev–Trinajstić information content (AvgIpc) is 3.99. The predicted molar refractivity (Wildman–Crippen MR) is 214 cm³/mol. The number of nitrogens with one attached hydrogen (secondary N) is 3. The summed E-state index contributed by atoms with van der Waals surface area (Å²) in [6, 6.07) is 18.1. The molecule has 0 radical (unpaired) electrons. The molecule has 4 aliphatic heterocycles. The number of fused-ring (bicyclic) bond motifs is 7. The summed E-state index contributed by atoms with van der Waals surface area (Å²) in [7, 11) is 0. The lowest BCUT2D eigenvalue weighted by Crippen LogP contribution is -2.40. The van der Waals surface area contributed by atoms with E-state index in [4.69, 9.17) is 23.5 Å². The van der Waals surface area contributed by atoms with Gasteiger partial charge in [0.2, 0.25) is 17.7 Å². The highest BCUT2D eigenvalue weighted by molar-refractivity contribution is 6.07. The number of anilines is 1. The van der Waals surface area contributed by atoms with Gasteiger partial charge in [-0.1, -0.05) is 73.5 Å². The second-order valence-corrected chi connectivity index (χ2v) is 16.3. The molecule has 0 saturated heterocycles. The summed E-state index contributed by atoms with van der Waals surface area (Å²) in [6.45, 7) is 10.2. The summed E-state index contributed by atoms with van der Waals surface area (Å²) in [5.74, 6) is 1.42. The summed E-state index contributed by atoms with van der Waals surface area (Å²) in [4.78, 5) is 41.5. The smallest absolute Gasteiger partial charge is 0.249 e. The number of allylic oxidation sites excluding steroid dienone is 4. The number of carbonyl (C=O) groups is 2. The first-order chi connectivity index (χ1) is 27.1. The van der Waals surface area contributed by atoms with E-state index in [2.05, 4.69) is 78.0 Å². The fraction of sp³-hybridized carbons (Fsp3) is 0.304. The van der Waals surface area contributed by atoms with E-state index in [1.54, 1.807) is 12.3 Å². The number of hydrogen-bond acceptors (Lipinski definition) is 8. The molecular formula is C46H43N5O5. The van der Waals surface area contributed by atoms with Gasteiger partial charge in [0.1, 0.15) is 17.2 Å². The van der Waals surface area contributed by atoms with Crippen LogP contribution in [0, 0.1) is 11.8 Å². The second-order valence-electron chi connectivity index (χ2n) is 16.3. The molecule has 4 atom stereocenters. The molecule has 1 spiro atoms. The molecule has 0 saturated carbocycles. The van der Waals surface area contributed by atoms with E-state index in [9.17, 15) is 9.59 Å². The number of para-hydroxylation sites is 1. The second kappa shape index (κ2) is 12.7. The quantitative estimate of drug-likeness (QED) is 0.109. The Bertz CT molecular complexity index is 2670. The molecule has 2 unspecified atom stereocenters. The molecule has 10 bridgehead atoms. The van der Waals surface area contributed by atoms with Gasteiger partial charge in [0.05, 0.1) is 6.20 Å². The monoisotopic (exact) mass is 745 g/mol. The van der Waals surface area contributed by atoms with Crippen LogP contribution >= 0.6 is 0 Å². The summed E-state index contributed by atoms with van der Waals surface area (Å²) >= 11 is 0. The zero-order valence-corrected chi connectivity index (χ0v) is 32.1. The summed E-state index contributed by atoms with van der Waals surface area (Å²) < 4.78 is 20.6. The van der Waals surface area contributed by atoms with Crippen LogP contribution in [0.3, 0.4) is 0 Å². The van der Waals surface area contributed by atoms with Gasteiger partial charge < -0.3 is 29.2 Å². The van der Waals surface area contributed by atoms with Gasteiger partial charge in [-0.2, -0.15) is 0 Å². The first-order valence-corrected chi connectivity index (χ1v) is 19.5. The van der Waals surface area contributed by atoms with Gasteiger partial charge in [-0.3, -0.25) is 9.59 Å². The maximum absolute atomic E-state index is 14.4. The number of rotatable bonds is 7. The van der Waals surface area contributed by atoms with Crippen molar-refractivity contribution < 1.29 is 23.2 Å². The number of aromatic nitrogens is 3. The zero-order valence-electron chi connectivity index (χ0n) is 32.1. The third-order valence-corrected chi connectivity index (χ3v) is 11.9. The van der Waals surface area contributed by atoms with Crippen molar-refractivity contribution in [3.63, 3.8) is 0 Å². The normalized spacial score (nSPS) is 21.4.